The molecule has 1 aromatic rings. The van der Waals surface area contributed by atoms with Gasteiger partial charge in [-0.1, -0.05) is 0 Å². The van der Waals surface area contributed by atoms with Crippen molar-refractivity contribution in [3.63, 3.8) is 0 Å². The first-order valence-corrected chi connectivity index (χ1v) is 6.08. The van der Waals surface area contributed by atoms with Crippen molar-refractivity contribution < 1.29 is 0 Å². The molecule has 4 heteroatoms. The highest BCUT2D eigenvalue weighted by molar-refractivity contribution is 9.11. The minimum absolute atomic E-state index is 0.214. The topological polar surface area (TPSA) is 38.0 Å². The summed E-state index contributed by atoms with van der Waals surface area (Å²) in [6.45, 7) is 0. The predicted octanol–water partition coefficient (Wildman–Crippen LogP) is 2.82. The summed E-state index contributed by atoms with van der Waals surface area (Å²) >= 11 is 5.10. The van der Waals surface area contributed by atoms with E-state index in [0.29, 0.717) is 0 Å². The highest BCUT2D eigenvalue weighted by atomic mass is 79.9. The van der Waals surface area contributed by atoms with Crippen LogP contribution >= 0.6 is 27.3 Å². The van der Waals surface area contributed by atoms with E-state index in [0.717, 1.165) is 23.0 Å². The van der Waals surface area contributed by atoms with Gasteiger partial charge >= 0.3 is 0 Å². The lowest BCUT2D eigenvalue weighted by Crippen LogP contribution is -2.27. The van der Waals surface area contributed by atoms with Crippen molar-refractivity contribution in [2.75, 3.05) is 0 Å². The Bertz CT molecular complexity index is 316. The summed E-state index contributed by atoms with van der Waals surface area (Å²) in [5, 5.41) is 2.10. The molecule has 0 aliphatic carbocycles. The zero-order valence-electron chi connectivity index (χ0n) is 7.79. The highest BCUT2D eigenvalue weighted by Gasteiger charge is 2.10. The molecule has 1 rings (SSSR count). The summed E-state index contributed by atoms with van der Waals surface area (Å²) in [7, 11) is 0. The predicted molar refractivity (Wildman–Crippen MR) is 64.8 cm³/mol. The molecule has 2 nitrogen and oxygen atoms in total. The first-order valence-electron chi connectivity index (χ1n) is 4.41. The number of nitrogens with two attached hydrogens (primary N) is 1. The van der Waals surface area contributed by atoms with E-state index >= 15 is 0 Å². The third-order valence-electron chi connectivity index (χ3n) is 2.01. The Kier molecular flexibility index (Phi) is 5.20. The van der Waals surface area contributed by atoms with Crippen LogP contribution in [0.4, 0.5) is 0 Å². The Hall–Kier alpha value is -0.340. The molecule has 76 valence electrons. The van der Waals surface area contributed by atoms with Crippen LogP contribution in [0.3, 0.4) is 0 Å². The number of unbranched alkanes of at least 4 members (excludes halogenated alkanes) is 1. The molecular weight excluding hydrogens is 260 g/mol. The van der Waals surface area contributed by atoms with Crippen LogP contribution in [-0.2, 0) is 0 Å². The number of hydrogen-bond acceptors (Lipinski definition) is 3. The fourth-order valence-corrected chi connectivity index (χ4v) is 2.49. The molecule has 0 saturated heterocycles. The maximum atomic E-state index is 5.48. The van der Waals surface area contributed by atoms with Gasteiger partial charge in [0.15, 0.2) is 0 Å². The number of nitrogens with one attached hydrogen (secondary N) is 1. The van der Waals surface area contributed by atoms with Crippen LogP contribution in [0.5, 0.6) is 0 Å². The van der Waals surface area contributed by atoms with Gasteiger partial charge in [0.1, 0.15) is 0 Å². The molecular formula is C10H13BrN2S. The summed E-state index contributed by atoms with van der Waals surface area (Å²) in [5.41, 5.74) is 4.03. The molecule has 0 aromatic carbocycles. The standard InChI is InChI=1S/C10H13BrN2S/c1-2-3-4-5-9(13-12)8-6-10(11)14-7-8/h1,6-7,9,13H,3-5,12H2. The van der Waals surface area contributed by atoms with Crippen molar-refractivity contribution in [2.45, 2.75) is 25.3 Å². The Balaban J connectivity index is 2.50. The second-order valence-electron chi connectivity index (χ2n) is 3.00. The minimum Gasteiger partial charge on any atom is -0.271 e. The van der Waals surface area contributed by atoms with Crippen LogP contribution in [0.1, 0.15) is 30.9 Å². The van der Waals surface area contributed by atoms with Crippen LogP contribution < -0.4 is 11.3 Å². The van der Waals surface area contributed by atoms with Gasteiger partial charge in [0.05, 0.1) is 3.79 Å². The fraction of sp³-hybridized carbons (Fsp3) is 0.400. The third kappa shape index (κ3) is 3.43. The fourth-order valence-electron chi connectivity index (χ4n) is 1.26. The quantitative estimate of drug-likeness (QED) is 0.375. The van der Waals surface area contributed by atoms with E-state index in [9.17, 15) is 0 Å². The van der Waals surface area contributed by atoms with Gasteiger partial charge in [-0.05, 0) is 45.8 Å². The van der Waals surface area contributed by atoms with Crippen LogP contribution in [0.2, 0.25) is 0 Å². The highest BCUT2D eigenvalue weighted by Crippen LogP contribution is 2.27. The number of hydrazine groups is 1. The molecule has 1 aromatic heterocycles. The Morgan fingerprint density at radius 3 is 3.00 bits per heavy atom. The molecule has 14 heavy (non-hydrogen) atoms. The maximum Gasteiger partial charge on any atom is 0.0701 e. The summed E-state index contributed by atoms with van der Waals surface area (Å²) in [6, 6.07) is 2.30. The summed E-state index contributed by atoms with van der Waals surface area (Å²) in [5.74, 6) is 8.11. The SMILES string of the molecule is C#CCCCC(NN)c1csc(Br)c1. The van der Waals surface area contributed by atoms with E-state index in [-0.39, 0.29) is 6.04 Å². The van der Waals surface area contributed by atoms with Gasteiger partial charge < -0.3 is 0 Å². The summed E-state index contributed by atoms with van der Waals surface area (Å²) < 4.78 is 1.13. The zero-order valence-corrected chi connectivity index (χ0v) is 10.2. The molecule has 0 amide bonds. The van der Waals surface area contributed by atoms with Gasteiger partial charge in [0.2, 0.25) is 0 Å². The Morgan fingerprint density at radius 1 is 1.71 bits per heavy atom. The largest absolute Gasteiger partial charge is 0.271 e. The van der Waals surface area contributed by atoms with E-state index < -0.39 is 0 Å². The molecule has 0 spiro atoms. The average molecular weight is 273 g/mol. The van der Waals surface area contributed by atoms with E-state index in [4.69, 9.17) is 12.3 Å². The summed E-state index contributed by atoms with van der Waals surface area (Å²) in [6.07, 6.45) is 7.98. The normalized spacial score (nSPS) is 12.4. The van der Waals surface area contributed by atoms with Gasteiger partial charge in [-0.3, -0.25) is 11.3 Å². The van der Waals surface area contributed by atoms with Gasteiger partial charge in [-0.15, -0.1) is 23.7 Å². The van der Waals surface area contributed by atoms with Crippen LogP contribution in [-0.4, -0.2) is 0 Å². The van der Waals surface area contributed by atoms with Crippen molar-refractivity contribution in [1.29, 1.82) is 0 Å². The van der Waals surface area contributed by atoms with Crippen LogP contribution in [0, 0.1) is 12.3 Å². The van der Waals surface area contributed by atoms with Crippen LogP contribution in [0.25, 0.3) is 0 Å². The third-order valence-corrected chi connectivity index (χ3v) is 3.53. The van der Waals surface area contributed by atoms with Gasteiger partial charge in [-0.25, -0.2) is 0 Å². The second kappa shape index (κ2) is 6.20. The van der Waals surface area contributed by atoms with Crippen molar-refractivity contribution in [1.82, 2.24) is 5.43 Å². The van der Waals surface area contributed by atoms with E-state index in [2.05, 4.69) is 38.7 Å². The molecule has 1 unspecified atom stereocenters. The lowest BCUT2D eigenvalue weighted by Gasteiger charge is -2.13. The lowest BCUT2D eigenvalue weighted by molar-refractivity contribution is 0.503. The van der Waals surface area contributed by atoms with Gasteiger partial charge in [0, 0.05) is 12.5 Å². The molecule has 0 aliphatic heterocycles. The van der Waals surface area contributed by atoms with Crippen molar-refractivity contribution in [3.05, 3.63) is 20.8 Å². The zero-order chi connectivity index (χ0) is 10.4. The molecule has 0 bridgehead atoms. The van der Waals surface area contributed by atoms with Gasteiger partial charge in [-0.2, -0.15) is 0 Å². The first kappa shape index (κ1) is 11.7. The molecule has 1 heterocycles. The van der Waals surface area contributed by atoms with Crippen molar-refractivity contribution >= 4 is 27.3 Å². The number of halogens is 1. The van der Waals surface area contributed by atoms with E-state index in [1.807, 2.05) is 0 Å². The van der Waals surface area contributed by atoms with E-state index in [1.165, 1.54) is 5.56 Å². The molecule has 0 radical (unpaired) electrons. The van der Waals surface area contributed by atoms with Crippen molar-refractivity contribution in [3.8, 4) is 12.3 Å². The number of thiophene rings is 1. The van der Waals surface area contributed by atoms with Crippen LogP contribution in [0.15, 0.2) is 15.2 Å². The van der Waals surface area contributed by atoms with Gasteiger partial charge in [0.25, 0.3) is 0 Å². The molecule has 1 atom stereocenters. The van der Waals surface area contributed by atoms with Crippen molar-refractivity contribution in [2.24, 2.45) is 5.84 Å². The molecule has 0 aliphatic rings. The number of terminal acetylenes is 1. The Morgan fingerprint density at radius 2 is 2.50 bits per heavy atom. The summed E-state index contributed by atoms with van der Waals surface area (Å²) in [4.78, 5) is 0. The second-order valence-corrected chi connectivity index (χ2v) is 5.29. The smallest absolute Gasteiger partial charge is 0.0701 e. The monoisotopic (exact) mass is 272 g/mol. The number of rotatable bonds is 5. The molecule has 3 N–H and O–H groups in total. The lowest BCUT2D eigenvalue weighted by atomic mass is 10.1. The first-order chi connectivity index (χ1) is 6.77. The Labute approximate surface area is 97.0 Å². The molecule has 0 saturated carbocycles. The maximum absolute atomic E-state index is 5.48. The average Bonchev–Trinajstić information content (AvgIpc) is 2.60. The minimum atomic E-state index is 0.214. The number of hydrogen-bond donors (Lipinski definition) is 2. The molecule has 0 fully saturated rings. The van der Waals surface area contributed by atoms with E-state index in [1.54, 1.807) is 11.3 Å².